The minimum atomic E-state index is -3.06. The van der Waals surface area contributed by atoms with E-state index in [-0.39, 0.29) is 17.0 Å². The average Bonchev–Trinajstić information content (AvgIpc) is 3.12. The van der Waals surface area contributed by atoms with Gasteiger partial charge in [-0.25, -0.2) is 4.98 Å². The van der Waals surface area contributed by atoms with Crippen molar-refractivity contribution in [3.05, 3.63) is 69.6 Å². The number of anilines is 1. The molecule has 7 nitrogen and oxygen atoms in total. The molecule has 1 heterocycles. The monoisotopic (exact) mass is 390 g/mol. The topological polar surface area (TPSA) is 89.7 Å². The van der Waals surface area contributed by atoms with Gasteiger partial charge in [-0.2, -0.15) is 13.9 Å². The van der Waals surface area contributed by atoms with Crippen molar-refractivity contribution in [1.82, 2.24) is 4.98 Å². The van der Waals surface area contributed by atoms with Gasteiger partial charge in [0.2, 0.25) is 5.13 Å². The molecule has 0 amide bonds. The van der Waals surface area contributed by atoms with Crippen LogP contribution in [0.5, 0.6) is 5.75 Å². The van der Waals surface area contributed by atoms with Crippen LogP contribution in [0.25, 0.3) is 11.3 Å². The first kappa shape index (κ1) is 18.4. The first-order valence-corrected chi connectivity index (χ1v) is 8.44. The molecule has 0 atom stereocenters. The van der Waals surface area contributed by atoms with E-state index in [0.29, 0.717) is 5.13 Å². The van der Waals surface area contributed by atoms with Crippen LogP contribution in [0, 0.1) is 10.1 Å². The largest absolute Gasteiger partial charge is 0.434 e. The molecule has 2 aromatic carbocycles. The SMILES string of the molecule is O=[N+]([O-])c1ccc(OC(F)F)c(C=NNc2nc(-c3ccccc3)cs2)c1. The lowest BCUT2D eigenvalue weighted by atomic mass is 10.2. The zero-order valence-electron chi connectivity index (χ0n) is 13.6. The fraction of sp³-hybridized carbons (Fsp3) is 0.0588. The first-order valence-electron chi connectivity index (χ1n) is 7.56. The highest BCUT2D eigenvalue weighted by Crippen LogP contribution is 2.26. The molecule has 3 rings (SSSR count). The van der Waals surface area contributed by atoms with Crippen LogP contribution in [-0.4, -0.2) is 22.7 Å². The van der Waals surface area contributed by atoms with Gasteiger partial charge in [-0.15, -0.1) is 11.3 Å². The third-order valence-corrected chi connectivity index (χ3v) is 4.10. The molecule has 0 saturated heterocycles. The molecule has 27 heavy (non-hydrogen) atoms. The molecular formula is C17H12F2N4O3S. The Labute approximate surface area is 156 Å². The number of rotatable bonds is 7. The number of nitrogens with zero attached hydrogens (tertiary/aromatic N) is 3. The van der Waals surface area contributed by atoms with Crippen LogP contribution in [0.1, 0.15) is 5.56 Å². The lowest BCUT2D eigenvalue weighted by molar-refractivity contribution is -0.384. The quantitative estimate of drug-likeness (QED) is 0.357. The predicted molar refractivity (Wildman–Crippen MR) is 98.5 cm³/mol. The number of non-ortho nitro benzene ring substituents is 1. The van der Waals surface area contributed by atoms with Gasteiger partial charge in [0, 0.05) is 28.6 Å². The van der Waals surface area contributed by atoms with Crippen molar-refractivity contribution >= 4 is 28.4 Å². The van der Waals surface area contributed by atoms with Crippen LogP contribution in [0.15, 0.2) is 59.0 Å². The second-order valence-corrected chi connectivity index (χ2v) is 5.99. The summed E-state index contributed by atoms with van der Waals surface area (Å²) in [6.45, 7) is -3.06. The van der Waals surface area contributed by atoms with Crippen molar-refractivity contribution in [3.8, 4) is 17.0 Å². The molecule has 1 aromatic heterocycles. The molecule has 0 radical (unpaired) electrons. The number of hydrogen-bond donors (Lipinski definition) is 1. The number of nitro benzene ring substituents is 1. The van der Waals surface area contributed by atoms with E-state index in [4.69, 9.17) is 0 Å². The molecule has 0 spiro atoms. The molecule has 0 unspecified atom stereocenters. The standard InChI is InChI=1S/C17H12F2N4O3S/c18-16(19)26-15-7-6-13(23(24)25)8-12(15)9-20-22-17-21-14(10-27-17)11-4-2-1-3-5-11/h1-10,16H,(H,21,22). The molecule has 0 aliphatic rings. The highest BCUT2D eigenvalue weighted by Gasteiger charge is 2.14. The highest BCUT2D eigenvalue weighted by molar-refractivity contribution is 7.14. The molecule has 0 fully saturated rings. The fourth-order valence-corrected chi connectivity index (χ4v) is 2.85. The number of nitro groups is 1. The second kappa shape index (κ2) is 8.32. The zero-order valence-corrected chi connectivity index (χ0v) is 14.4. The van der Waals surface area contributed by atoms with Gasteiger partial charge in [-0.05, 0) is 6.07 Å². The van der Waals surface area contributed by atoms with E-state index in [1.165, 1.54) is 11.3 Å². The van der Waals surface area contributed by atoms with E-state index >= 15 is 0 Å². The maximum absolute atomic E-state index is 12.5. The molecule has 0 saturated carbocycles. The van der Waals surface area contributed by atoms with E-state index < -0.39 is 11.5 Å². The summed E-state index contributed by atoms with van der Waals surface area (Å²) in [6, 6.07) is 12.8. The maximum atomic E-state index is 12.5. The summed E-state index contributed by atoms with van der Waals surface area (Å²) in [5.74, 6) is -0.217. The van der Waals surface area contributed by atoms with Crippen LogP contribution in [0.2, 0.25) is 0 Å². The van der Waals surface area contributed by atoms with E-state index in [0.717, 1.165) is 35.7 Å². The van der Waals surface area contributed by atoms with Gasteiger partial charge >= 0.3 is 6.61 Å². The van der Waals surface area contributed by atoms with Gasteiger partial charge < -0.3 is 4.74 Å². The molecule has 1 N–H and O–H groups in total. The number of benzene rings is 2. The smallest absolute Gasteiger partial charge is 0.387 e. The molecule has 10 heteroatoms. The van der Waals surface area contributed by atoms with Crippen LogP contribution in [0.4, 0.5) is 19.6 Å². The van der Waals surface area contributed by atoms with Crippen LogP contribution < -0.4 is 10.2 Å². The van der Waals surface area contributed by atoms with Gasteiger partial charge in [0.05, 0.1) is 16.8 Å². The molecule has 3 aromatic rings. The van der Waals surface area contributed by atoms with Crippen molar-refractivity contribution in [2.75, 3.05) is 5.43 Å². The Hall–Kier alpha value is -3.40. The molecule has 0 aliphatic heterocycles. The van der Waals surface area contributed by atoms with Gasteiger partial charge in [-0.3, -0.25) is 15.5 Å². The fourth-order valence-electron chi connectivity index (χ4n) is 2.18. The lowest BCUT2D eigenvalue weighted by Gasteiger charge is -2.07. The summed E-state index contributed by atoms with van der Waals surface area (Å²) in [4.78, 5) is 14.6. The van der Waals surface area contributed by atoms with Gasteiger partial charge in [0.25, 0.3) is 5.69 Å². The minimum absolute atomic E-state index is 0.0387. The normalized spacial score (nSPS) is 11.1. The van der Waals surface area contributed by atoms with Crippen LogP contribution in [-0.2, 0) is 0 Å². The van der Waals surface area contributed by atoms with Crippen LogP contribution in [0.3, 0.4) is 0 Å². The van der Waals surface area contributed by atoms with E-state index in [1.54, 1.807) is 0 Å². The van der Waals surface area contributed by atoms with Crippen LogP contribution >= 0.6 is 11.3 Å². The van der Waals surface area contributed by atoms with Gasteiger partial charge in [0.1, 0.15) is 5.75 Å². The first-order chi connectivity index (χ1) is 13.0. The van der Waals surface area contributed by atoms with Crippen molar-refractivity contribution < 1.29 is 18.4 Å². The summed E-state index contributed by atoms with van der Waals surface area (Å²) in [7, 11) is 0. The van der Waals surface area contributed by atoms with Crippen molar-refractivity contribution in [2.45, 2.75) is 6.61 Å². The van der Waals surface area contributed by atoms with E-state index in [2.05, 4.69) is 20.2 Å². The Bertz CT molecular complexity index is 964. The highest BCUT2D eigenvalue weighted by atomic mass is 32.1. The average molecular weight is 390 g/mol. The zero-order chi connectivity index (χ0) is 19.2. The van der Waals surface area contributed by atoms with Crippen molar-refractivity contribution in [1.29, 1.82) is 0 Å². The Morgan fingerprint density at radius 2 is 2.04 bits per heavy atom. The van der Waals surface area contributed by atoms with Crippen molar-refractivity contribution in [3.63, 3.8) is 0 Å². The van der Waals surface area contributed by atoms with Crippen molar-refractivity contribution in [2.24, 2.45) is 5.10 Å². The van der Waals surface area contributed by atoms with Gasteiger partial charge in [-0.1, -0.05) is 30.3 Å². The summed E-state index contributed by atoms with van der Waals surface area (Å²) in [5, 5.41) is 17.1. The lowest BCUT2D eigenvalue weighted by Crippen LogP contribution is -2.05. The third-order valence-electron chi connectivity index (χ3n) is 3.36. The summed E-state index contributed by atoms with van der Waals surface area (Å²) in [5.41, 5.74) is 4.15. The summed E-state index contributed by atoms with van der Waals surface area (Å²) >= 11 is 1.31. The Morgan fingerprint density at radius 3 is 2.74 bits per heavy atom. The predicted octanol–water partition coefficient (Wildman–Crippen LogP) is 4.77. The maximum Gasteiger partial charge on any atom is 0.387 e. The molecule has 0 aliphatic carbocycles. The summed E-state index contributed by atoms with van der Waals surface area (Å²) in [6.07, 6.45) is 1.16. The number of hydrogen-bond acceptors (Lipinski definition) is 7. The van der Waals surface area contributed by atoms with E-state index in [9.17, 15) is 18.9 Å². The number of thiazole rings is 1. The number of alkyl halides is 2. The number of nitrogens with one attached hydrogen (secondary N) is 1. The molecule has 138 valence electrons. The molecule has 0 bridgehead atoms. The number of halogens is 2. The third kappa shape index (κ3) is 4.82. The van der Waals surface area contributed by atoms with Gasteiger partial charge in [0.15, 0.2) is 0 Å². The Morgan fingerprint density at radius 1 is 1.26 bits per heavy atom. The number of ether oxygens (including phenoxy) is 1. The second-order valence-electron chi connectivity index (χ2n) is 5.13. The number of aromatic nitrogens is 1. The number of hydrazone groups is 1. The minimum Gasteiger partial charge on any atom is -0.434 e. The van der Waals surface area contributed by atoms with E-state index in [1.807, 2.05) is 35.7 Å². The summed E-state index contributed by atoms with van der Waals surface area (Å²) < 4.78 is 29.3. The Kier molecular flexibility index (Phi) is 5.67. The Balaban J connectivity index is 1.76. The molecular weight excluding hydrogens is 378 g/mol.